The summed E-state index contributed by atoms with van der Waals surface area (Å²) in [4.78, 5) is 21.6. The summed E-state index contributed by atoms with van der Waals surface area (Å²) in [6.07, 6.45) is 7.41. The standard InChI is InChI=1S/C18H17FN4O/c19-12-7-8-16-15(10-12)17(24)23(14-5-1-2-6-14)18(22-16)21-13-4-3-9-20-11-13/h3-4,7-11,14H,1-2,5-6H2,(H,21,22). The first kappa shape index (κ1) is 14.8. The second-order valence-corrected chi connectivity index (χ2v) is 6.08. The highest BCUT2D eigenvalue weighted by Gasteiger charge is 2.23. The zero-order valence-electron chi connectivity index (χ0n) is 13.1. The fraction of sp³-hybridized carbons (Fsp3) is 0.278. The maximum atomic E-state index is 13.6. The molecule has 0 spiro atoms. The maximum absolute atomic E-state index is 13.6. The Morgan fingerprint density at radius 3 is 2.79 bits per heavy atom. The second kappa shape index (κ2) is 6.03. The van der Waals surface area contributed by atoms with Crippen molar-refractivity contribution in [2.75, 3.05) is 5.32 Å². The third kappa shape index (κ3) is 2.64. The van der Waals surface area contributed by atoms with Gasteiger partial charge in [-0.15, -0.1) is 0 Å². The molecule has 0 aliphatic heterocycles. The molecular weight excluding hydrogens is 307 g/mol. The Kier molecular flexibility index (Phi) is 3.72. The van der Waals surface area contributed by atoms with Crippen LogP contribution in [0.25, 0.3) is 10.9 Å². The third-order valence-corrected chi connectivity index (χ3v) is 4.47. The van der Waals surface area contributed by atoms with E-state index < -0.39 is 5.82 Å². The first-order valence-electron chi connectivity index (χ1n) is 8.11. The van der Waals surface area contributed by atoms with Gasteiger partial charge in [0, 0.05) is 12.2 Å². The van der Waals surface area contributed by atoms with Gasteiger partial charge in [-0.2, -0.15) is 0 Å². The molecule has 3 aromatic rings. The topological polar surface area (TPSA) is 59.8 Å². The van der Waals surface area contributed by atoms with Crippen molar-refractivity contribution in [1.29, 1.82) is 0 Å². The summed E-state index contributed by atoms with van der Waals surface area (Å²) in [7, 11) is 0. The van der Waals surface area contributed by atoms with Crippen LogP contribution in [-0.4, -0.2) is 14.5 Å². The molecule has 0 radical (unpaired) electrons. The molecule has 1 saturated carbocycles. The Hall–Kier alpha value is -2.76. The summed E-state index contributed by atoms with van der Waals surface area (Å²) in [5, 5.41) is 3.51. The third-order valence-electron chi connectivity index (χ3n) is 4.47. The zero-order chi connectivity index (χ0) is 16.5. The molecule has 2 aromatic heterocycles. The van der Waals surface area contributed by atoms with Crippen LogP contribution in [0.1, 0.15) is 31.7 Å². The molecule has 0 bridgehead atoms. The summed E-state index contributed by atoms with van der Waals surface area (Å²) in [5.74, 6) is 0.0614. The van der Waals surface area contributed by atoms with Gasteiger partial charge < -0.3 is 5.32 Å². The molecule has 0 unspecified atom stereocenters. The fourth-order valence-electron chi connectivity index (χ4n) is 3.33. The number of rotatable bonds is 3. The van der Waals surface area contributed by atoms with E-state index in [4.69, 9.17) is 0 Å². The van der Waals surface area contributed by atoms with Crippen molar-refractivity contribution in [3.8, 4) is 0 Å². The van der Waals surface area contributed by atoms with E-state index in [0.717, 1.165) is 31.4 Å². The van der Waals surface area contributed by atoms with Gasteiger partial charge in [0.15, 0.2) is 0 Å². The van der Waals surface area contributed by atoms with E-state index in [1.807, 2.05) is 12.1 Å². The number of hydrogen-bond acceptors (Lipinski definition) is 4. The highest BCUT2D eigenvalue weighted by atomic mass is 19.1. The Balaban J connectivity index is 1.91. The van der Waals surface area contributed by atoms with E-state index >= 15 is 0 Å². The van der Waals surface area contributed by atoms with Gasteiger partial charge in [-0.3, -0.25) is 14.3 Å². The molecule has 1 fully saturated rings. The lowest BCUT2D eigenvalue weighted by atomic mass is 10.2. The summed E-state index contributed by atoms with van der Waals surface area (Å²) in [6, 6.07) is 7.91. The van der Waals surface area contributed by atoms with Crippen molar-refractivity contribution in [3.63, 3.8) is 0 Å². The minimum absolute atomic E-state index is 0.0943. The van der Waals surface area contributed by atoms with Gasteiger partial charge in [-0.05, 0) is 43.2 Å². The second-order valence-electron chi connectivity index (χ2n) is 6.08. The minimum Gasteiger partial charge on any atom is -0.324 e. The number of pyridine rings is 1. The summed E-state index contributed by atoms with van der Waals surface area (Å²) >= 11 is 0. The first-order chi connectivity index (χ1) is 11.7. The van der Waals surface area contributed by atoms with Crippen LogP contribution < -0.4 is 10.9 Å². The van der Waals surface area contributed by atoms with Gasteiger partial charge in [0.1, 0.15) is 5.82 Å². The van der Waals surface area contributed by atoms with Gasteiger partial charge in [-0.1, -0.05) is 12.8 Å². The number of hydrogen-bond donors (Lipinski definition) is 1. The average Bonchev–Trinajstić information content (AvgIpc) is 3.11. The average molecular weight is 324 g/mol. The lowest BCUT2D eigenvalue weighted by molar-refractivity contribution is 0.506. The van der Waals surface area contributed by atoms with Crippen LogP contribution in [0.2, 0.25) is 0 Å². The van der Waals surface area contributed by atoms with Crippen molar-refractivity contribution in [1.82, 2.24) is 14.5 Å². The summed E-state index contributed by atoms with van der Waals surface area (Å²) in [6.45, 7) is 0. The Labute approximate surface area is 138 Å². The van der Waals surface area contributed by atoms with Gasteiger partial charge in [0.05, 0.1) is 22.8 Å². The molecule has 24 heavy (non-hydrogen) atoms. The molecule has 122 valence electrons. The molecular formula is C18H17FN4O. The Morgan fingerprint density at radius 1 is 1.21 bits per heavy atom. The smallest absolute Gasteiger partial charge is 0.263 e. The monoisotopic (exact) mass is 324 g/mol. The van der Waals surface area contributed by atoms with E-state index in [1.54, 1.807) is 23.0 Å². The summed E-state index contributed by atoms with van der Waals surface area (Å²) < 4.78 is 15.3. The number of halogens is 1. The predicted octanol–water partition coefficient (Wildman–Crippen LogP) is 3.79. The number of benzene rings is 1. The van der Waals surface area contributed by atoms with E-state index in [1.165, 1.54) is 12.1 Å². The van der Waals surface area contributed by atoms with Gasteiger partial charge in [-0.25, -0.2) is 9.37 Å². The van der Waals surface area contributed by atoms with Gasteiger partial charge >= 0.3 is 0 Å². The largest absolute Gasteiger partial charge is 0.324 e. The maximum Gasteiger partial charge on any atom is 0.263 e. The molecule has 5 nitrogen and oxygen atoms in total. The predicted molar refractivity (Wildman–Crippen MR) is 91.0 cm³/mol. The minimum atomic E-state index is -0.424. The molecule has 0 atom stereocenters. The SMILES string of the molecule is O=c1c2cc(F)ccc2nc(Nc2cccnc2)n1C1CCCC1. The molecule has 4 rings (SSSR count). The van der Waals surface area contributed by atoms with Gasteiger partial charge in [0.25, 0.3) is 5.56 Å². The highest BCUT2D eigenvalue weighted by molar-refractivity contribution is 5.79. The van der Waals surface area contributed by atoms with E-state index in [0.29, 0.717) is 16.9 Å². The van der Waals surface area contributed by atoms with Crippen LogP contribution >= 0.6 is 0 Å². The van der Waals surface area contributed by atoms with Crippen molar-refractivity contribution in [2.24, 2.45) is 0 Å². The number of anilines is 2. The molecule has 1 aliphatic carbocycles. The molecule has 1 aliphatic rings. The number of nitrogens with zero attached hydrogens (tertiary/aromatic N) is 3. The van der Waals surface area contributed by atoms with E-state index in [2.05, 4.69) is 15.3 Å². The van der Waals surface area contributed by atoms with E-state index in [9.17, 15) is 9.18 Å². The van der Waals surface area contributed by atoms with Crippen molar-refractivity contribution >= 4 is 22.5 Å². The van der Waals surface area contributed by atoms with E-state index in [-0.39, 0.29) is 11.6 Å². The zero-order valence-corrected chi connectivity index (χ0v) is 13.1. The molecule has 1 aromatic carbocycles. The first-order valence-corrected chi connectivity index (χ1v) is 8.11. The molecule has 6 heteroatoms. The fourth-order valence-corrected chi connectivity index (χ4v) is 3.33. The van der Waals surface area contributed by atoms with Crippen molar-refractivity contribution in [2.45, 2.75) is 31.7 Å². The normalized spacial score (nSPS) is 15.0. The Morgan fingerprint density at radius 2 is 2.04 bits per heavy atom. The lowest BCUT2D eigenvalue weighted by Gasteiger charge is -2.19. The Bertz CT molecular complexity index is 933. The quantitative estimate of drug-likeness (QED) is 0.796. The van der Waals surface area contributed by atoms with Crippen LogP contribution in [0, 0.1) is 5.82 Å². The summed E-state index contributed by atoms with van der Waals surface area (Å²) in [5.41, 5.74) is 1.05. The van der Waals surface area contributed by atoms with Crippen LogP contribution in [0.15, 0.2) is 47.5 Å². The lowest BCUT2D eigenvalue weighted by Crippen LogP contribution is -2.27. The van der Waals surface area contributed by atoms with Gasteiger partial charge in [0.2, 0.25) is 5.95 Å². The van der Waals surface area contributed by atoms with Crippen LogP contribution in [0.3, 0.4) is 0 Å². The molecule has 0 amide bonds. The number of fused-ring (bicyclic) bond motifs is 1. The van der Waals surface area contributed by atoms with Crippen LogP contribution in [0.5, 0.6) is 0 Å². The number of aromatic nitrogens is 3. The molecule has 0 saturated heterocycles. The highest BCUT2D eigenvalue weighted by Crippen LogP contribution is 2.31. The number of nitrogens with one attached hydrogen (secondary N) is 1. The molecule has 2 heterocycles. The van der Waals surface area contributed by atoms with Crippen LogP contribution in [-0.2, 0) is 0 Å². The van der Waals surface area contributed by atoms with Crippen LogP contribution in [0.4, 0.5) is 16.0 Å². The molecule has 1 N–H and O–H groups in total. The van der Waals surface area contributed by atoms with Crippen molar-refractivity contribution in [3.05, 3.63) is 58.9 Å². The van der Waals surface area contributed by atoms with Crippen molar-refractivity contribution < 1.29 is 4.39 Å².